The van der Waals surface area contributed by atoms with Crippen molar-refractivity contribution in [2.45, 2.75) is 19.8 Å². The summed E-state index contributed by atoms with van der Waals surface area (Å²) in [5.41, 5.74) is 0.310. The average Bonchev–Trinajstić information content (AvgIpc) is 2.53. The number of phenolic OH excluding ortho intramolecular Hbond substituents is 1. The van der Waals surface area contributed by atoms with E-state index in [0.29, 0.717) is 23.8 Å². The lowest BCUT2D eigenvalue weighted by Gasteiger charge is -2.29. The first-order valence-corrected chi connectivity index (χ1v) is 7.52. The van der Waals surface area contributed by atoms with Crippen molar-refractivity contribution in [2.75, 3.05) is 33.3 Å². The number of carbonyl (C=O) groups is 1. The molecule has 1 aromatic rings. The third-order valence-electron chi connectivity index (χ3n) is 4.04. The molecule has 1 aromatic carbocycles. The summed E-state index contributed by atoms with van der Waals surface area (Å²) in [6.07, 6.45) is 2.18. The van der Waals surface area contributed by atoms with Crippen molar-refractivity contribution < 1.29 is 14.6 Å². The first-order valence-electron chi connectivity index (χ1n) is 7.52. The summed E-state index contributed by atoms with van der Waals surface area (Å²) in [4.78, 5) is 14.4. The van der Waals surface area contributed by atoms with Crippen LogP contribution in [-0.2, 0) is 0 Å². The fraction of sp³-hybridized carbons (Fsp3) is 0.562. The number of ether oxygens (including phenoxy) is 1. The topological polar surface area (TPSA) is 61.8 Å². The SMILES string of the molecule is CCN(CC1CCNCC1)C(=O)c1cc(OC)ccc1O. The Morgan fingerprint density at radius 1 is 1.43 bits per heavy atom. The highest BCUT2D eigenvalue weighted by Gasteiger charge is 2.22. The van der Waals surface area contributed by atoms with Gasteiger partial charge in [-0.2, -0.15) is 0 Å². The zero-order valence-corrected chi connectivity index (χ0v) is 12.8. The molecule has 0 aromatic heterocycles. The molecule has 21 heavy (non-hydrogen) atoms. The largest absolute Gasteiger partial charge is 0.507 e. The summed E-state index contributed by atoms with van der Waals surface area (Å²) < 4.78 is 5.13. The highest BCUT2D eigenvalue weighted by molar-refractivity contribution is 5.97. The van der Waals surface area contributed by atoms with Crippen LogP contribution in [0.3, 0.4) is 0 Å². The van der Waals surface area contributed by atoms with Gasteiger partial charge in [-0.1, -0.05) is 0 Å². The summed E-state index contributed by atoms with van der Waals surface area (Å²) in [7, 11) is 1.55. The molecule has 0 radical (unpaired) electrons. The van der Waals surface area contributed by atoms with Crippen LogP contribution < -0.4 is 10.1 Å². The van der Waals surface area contributed by atoms with Crippen LogP contribution in [0.5, 0.6) is 11.5 Å². The minimum Gasteiger partial charge on any atom is -0.507 e. The molecule has 1 aliphatic heterocycles. The van der Waals surface area contributed by atoms with E-state index in [1.54, 1.807) is 19.2 Å². The summed E-state index contributed by atoms with van der Waals surface area (Å²) in [6, 6.07) is 4.75. The maximum atomic E-state index is 12.6. The first-order chi connectivity index (χ1) is 10.2. The molecule has 0 unspecified atom stereocenters. The first kappa shape index (κ1) is 15.6. The van der Waals surface area contributed by atoms with E-state index >= 15 is 0 Å². The molecule has 0 saturated carbocycles. The van der Waals surface area contributed by atoms with Gasteiger partial charge in [0.05, 0.1) is 12.7 Å². The second-order valence-electron chi connectivity index (χ2n) is 5.42. The Labute approximate surface area is 125 Å². The molecule has 5 nitrogen and oxygen atoms in total. The van der Waals surface area contributed by atoms with E-state index in [4.69, 9.17) is 4.74 Å². The third-order valence-corrected chi connectivity index (χ3v) is 4.04. The number of benzene rings is 1. The zero-order chi connectivity index (χ0) is 15.2. The van der Waals surface area contributed by atoms with Gasteiger partial charge in [0.2, 0.25) is 0 Å². The molecule has 1 saturated heterocycles. The van der Waals surface area contributed by atoms with Crippen LogP contribution >= 0.6 is 0 Å². The van der Waals surface area contributed by atoms with E-state index in [0.717, 1.165) is 32.5 Å². The number of amides is 1. The molecule has 2 rings (SSSR count). The molecule has 0 aliphatic carbocycles. The van der Waals surface area contributed by atoms with Crippen LogP contribution in [0.2, 0.25) is 0 Å². The molecule has 2 N–H and O–H groups in total. The smallest absolute Gasteiger partial charge is 0.257 e. The van der Waals surface area contributed by atoms with Gasteiger partial charge in [0.15, 0.2) is 0 Å². The van der Waals surface area contributed by atoms with Crippen LogP contribution in [0.25, 0.3) is 0 Å². The van der Waals surface area contributed by atoms with Crippen molar-refractivity contribution in [3.05, 3.63) is 23.8 Å². The van der Waals surface area contributed by atoms with Gasteiger partial charge in [0.1, 0.15) is 11.5 Å². The van der Waals surface area contributed by atoms with Gasteiger partial charge in [-0.3, -0.25) is 4.79 Å². The number of phenols is 1. The second-order valence-corrected chi connectivity index (χ2v) is 5.42. The number of nitrogens with zero attached hydrogens (tertiary/aromatic N) is 1. The fourth-order valence-electron chi connectivity index (χ4n) is 2.72. The van der Waals surface area contributed by atoms with E-state index in [1.165, 1.54) is 6.07 Å². The number of rotatable bonds is 5. The van der Waals surface area contributed by atoms with Crippen LogP contribution in [0.15, 0.2) is 18.2 Å². The number of hydrogen-bond acceptors (Lipinski definition) is 4. The lowest BCUT2D eigenvalue weighted by atomic mass is 9.97. The number of aromatic hydroxyl groups is 1. The van der Waals surface area contributed by atoms with Crippen molar-refractivity contribution in [2.24, 2.45) is 5.92 Å². The maximum Gasteiger partial charge on any atom is 0.257 e. The Morgan fingerprint density at radius 3 is 2.76 bits per heavy atom. The van der Waals surface area contributed by atoms with Crippen molar-refractivity contribution in [1.29, 1.82) is 0 Å². The monoisotopic (exact) mass is 292 g/mol. The molecule has 0 atom stereocenters. The Kier molecular flexibility index (Phi) is 5.44. The molecule has 1 amide bonds. The van der Waals surface area contributed by atoms with Gasteiger partial charge in [-0.15, -0.1) is 0 Å². The highest BCUT2D eigenvalue weighted by Crippen LogP contribution is 2.25. The molecular weight excluding hydrogens is 268 g/mol. The summed E-state index contributed by atoms with van der Waals surface area (Å²) in [6.45, 7) is 5.38. The van der Waals surface area contributed by atoms with Crippen LogP contribution in [0.1, 0.15) is 30.1 Å². The number of hydrogen-bond donors (Lipinski definition) is 2. The average molecular weight is 292 g/mol. The van der Waals surface area contributed by atoms with Gasteiger partial charge >= 0.3 is 0 Å². The lowest BCUT2D eigenvalue weighted by Crippen LogP contribution is -2.39. The highest BCUT2D eigenvalue weighted by atomic mass is 16.5. The Balaban J connectivity index is 2.11. The summed E-state index contributed by atoms with van der Waals surface area (Å²) in [5.74, 6) is 0.981. The molecule has 5 heteroatoms. The molecular formula is C16H24N2O3. The third kappa shape index (κ3) is 3.88. The predicted octanol–water partition coefficient (Wildman–Crippen LogP) is 1.86. The Morgan fingerprint density at radius 2 is 2.14 bits per heavy atom. The second kappa shape index (κ2) is 7.31. The summed E-state index contributed by atoms with van der Waals surface area (Å²) in [5, 5.41) is 13.3. The standard InChI is InChI=1S/C16H24N2O3/c1-3-18(11-12-6-8-17-9-7-12)16(20)14-10-13(21-2)4-5-15(14)19/h4-5,10,12,17,19H,3,6-9,11H2,1-2H3. The van der Waals surface area contributed by atoms with Crippen molar-refractivity contribution in [1.82, 2.24) is 10.2 Å². The maximum absolute atomic E-state index is 12.6. The number of methoxy groups -OCH3 is 1. The quantitative estimate of drug-likeness (QED) is 0.869. The zero-order valence-electron chi connectivity index (χ0n) is 12.8. The van der Waals surface area contributed by atoms with E-state index in [2.05, 4.69) is 5.32 Å². The van der Waals surface area contributed by atoms with E-state index in [1.807, 2.05) is 11.8 Å². The normalized spacial score (nSPS) is 15.7. The van der Waals surface area contributed by atoms with Crippen LogP contribution in [0, 0.1) is 5.92 Å². The van der Waals surface area contributed by atoms with Crippen molar-refractivity contribution >= 4 is 5.91 Å². The van der Waals surface area contributed by atoms with Gasteiger partial charge in [-0.25, -0.2) is 0 Å². The Hall–Kier alpha value is -1.75. The van der Waals surface area contributed by atoms with Gasteiger partial charge in [-0.05, 0) is 57.0 Å². The van der Waals surface area contributed by atoms with Crippen molar-refractivity contribution in [3.63, 3.8) is 0 Å². The fourth-order valence-corrected chi connectivity index (χ4v) is 2.72. The molecule has 0 spiro atoms. The molecule has 1 heterocycles. The van der Waals surface area contributed by atoms with E-state index in [-0.39, 0.29) is 11.7 Å². The molecule has 1 fully saturated rings. The number of nitrogens with one attached hydrogen (secondary N) is 1. The minimum atomic E-state index is -0.132. The Bertz CT molecular complexity index is 484. The molecule has 0 bridgehead atoms. The minimum absolute atomic E-state index is 0.00422. The summed E-state index contributed by atoms with van der Waals surface area (Å²) >= 11 is 0. The number of piperidine rings is 1. The lowest BCUT2D eigenvalue weighted by molar-refractivity contribution is 0.0723. The molecule has 1 aliphatic rings. The van der Waals surface area contributed by atoms with Gasteiger partial charge < -0.3 is 20.1 Å². The van der Waals surface area contributed by atoms with Crippen molar-refractivity contribution in [3.8, 4) is 11.5 Å². The number of carbonyl (C=O) groups excluding carboxylic acids is 1. The van der Waals surface area contributed by atoms with E-state index in [9.17, 15) is 9.90 Å². The predicted molar refractivity (Wildman–Crippen MR) is 81.8 cm³/mol. The van der Waals surface area contributed by atoms with Gasteiger partial charge in [0.25, 0.3) is 5.91 Å². The van der Waals surface area contributed by atoms with E-state index < -0.39 is 0 Å². The van der Waals surface area contributed by atoms with Gasteiger partial charge in [0, 0.05) is 13.1 Å². The van der Waals surface area contributed by atoms with Crippen LogP contribution in [0.4, 0.5) is 0 Å². The van der Waals surface area contributed by atoms with Crippen LogP contribution in [-0.4, -0.2) is 49.2 Å². The molecule has 116 valence electrons.